The molecule has 0 aromatic carbocycles. The van der Waals surface area contributed by atoms with E-state index in [0.29, 0.717) is 18.6 Å². The fourth-order valence-electron chi connectivity index (χ4n) is 4.35. The molecule has 1 aliphatic heterocycles. The SMILES string of the molecule is CC(NC(=O)[C@H]1NCCO[C@@H]1C)C1CC2CCC1C2.Cl. The molecule has 1 amide bonds. The first-order valence-electron chi connectivity index (χ1n) is 7.80. The van der Waals surface area contributed by atoms with Crippen LogP contribution in [0.1, 0.15) is 39.5 Å². The highest BCUT2D eigenvalue weighted by atomic mass is 35.5. The maximum Gasteiger partial charge on any atom is 0.240 e. The highest BCUT2D eigenvalue weighted by Gasteiger charge is 2.42. The first kappa shape index (κ1) is 16.1. The van der Waals surface area contributed by atoms with E-state index >= 15 is 0 Å². The molecule has 20 heavy (non-hydrogen) atoms. The number of fused-ring (bicyclic) bond motifs is 2. The van der Waals surface area contributed by atoms with Gasteiger partial charge in [0.15, 0.2) is 0 Å². The molecule has 1 heterocycles. The van der Waals surface area contributed by atoms with Crippen molar-refractivity contribution in [2.75, 3.05) is 13.2 Å². The molecule has 3 aliphatic rings. The van der Waals surface area contributed by atoms with E-state index in [9.17, 15) is 4.79 Å². The molecular formula is C15H27ClN2O2. The molecule has 2 N–H and O–H groups in total. The Labute approximate surface area is 127 Å². The Morgan fingerprint density at radius 2 is 2.15 bits per heavy atom. The maximum absolute atomic E-state index is 12.3. The van der Waals surface area contributed by atoms with Gasteiger partial charge in [0.05, 0.1) is 12.7 Å². The molecule has 4 nitrogen and oxygen atoms in total. The summed E-state index contributed by atoms with van der Waals surface area (Å²) in [6, 6.07) is 0.119. The zero-order valence-corrected chi connectivity index (χ0v) is 13.2. The molecule has 3 fully saturated rings. The molecule has 4 unspecified atom stereocenters. The summed E-state index contributed by atoms with van der Waals surface area (Å²) in [6.45, 7) is 5.62. The van der Waals surface area contributed by atoms with E-state index in [1.807, 2.05) is 6.92 Å². The molecule has 2 bridgehead atoms. The number of hydrogen-bond acceptors (Lipinski definition) is 3. The van der Waals surface area contributed by atoms with Crippen molar-refractivity contribution in [3.63, 3.8) is 0 Å². The van der Waals surface area contributed by atoms with E-state index < -0.39 is 0 Å². The van der Waals surface area contributed by atoms with Gasteiger partial charge in [-0.05, 0) is 50.9 Å². The zero-order chi connectivity index (χ0) is 13.4. The fourth-order valence-corrected chi connectivity index (χ4v) is 4.35. The minimum Gasteiger partial charge on any atom is -0.375 e. The summed E-state index contributed by atoms with van der Waals surface area (Å²) >= 11 is 0. The third-order valence-corrected chi connectivity index (χ3v) is 5.40. The van der Waals surface area contributed by atoms with Gasteiger partial charge < -0.3 is 15.4 Å². The normalized spacial score (nSPS) is 41.0. The van der Waals surface area contributed by atoms with Crippen LogP contribution in [0, 0.1) is 17.8 Å². The molecule has 3 rings (SSSR count). The third-order valence-electron chi connectivity index (χ3n) is 5.40. The minimum atomic E-state index is -0.185. The molecule has 0 spiro atoms. The number of rotatable bonds is 3. The smallest absolute Gasteiger partial charge is 0.240 e. The van der Waals surface area contributed by atoms with Gasteiger partial charge in [-0.2, -0.15) is 0 Å². The van der Waals surface area contributed by atoms with Gasteiger partial charge in [-0.15, -0.1) is 12.4 Å². The molecular weight excluding hydrogens is 276 g/mol. The molecule has 2 saturated carbocycles. The molecule has 5 heteroatoms. The Balaban J connectivity index is 0.00000147. The van der Waals surface area contributed by atoms with Crippen molar-refractivity contribution >= 4 is 18.3 Å². The fraction of sp³-hybridized carbons (Fsp3) is 0.933. The molecule has 116 valence electrons. The van der Waals surface area contributed by atoms with Crippen LogP contribution in [0.25, 0.3) is 0 Å². The summed E-state index contributed by atoms with van der Waals surface area (Å²) in [6.07, 6.45) is 5.47. The van der Waals surface area contributed by atoms with Crippen molar-refractivity contribution in [3.05, 3.63) is 0 Å². The van der Waals surface area contributed by atoms with Crippen LogP contribution in [0.4, 0.5) is 0 Å². The standard InChI is InChI=1S/C15H26N2O2.ClH/c1-9(13-8-11-3-4-12(13)7-11)17-15(18)14-10(2)19-6-5-16-14;/h9-14,16H,3-8H2,1-2H3,(H,17,18);1H/t9?,10-,11?,12?,13?,14+;/m1./s1. The molecule has 0 aromatic heterocycles. The van der Waals surface area contributed by atoms with E-state index in [4.69, 9.17) is 4.74 Å². The van der Waals surface area contributed by atoms with Crippen molar-refractivity contribution in [1.29, 1.82) is 0 Å². The Morgan fingerprint density at radius 3 is 2.75 bits per heavy atom. The Kier molecular flexibility index (Phi) is 5.32. The summed E-state index contributed by atoms with van der Waals surface area (Å²) in [7, 11) is 0. The second-order valence-corrected chi connectivity index (χ2v) is 6.64. The van der Waals surface area contributed by atoms with Gasteiger partial charge in [0.25, 0.3) is 0 Å². The van der Waals surface area contributed by atoms with Crippen LogP contribution in [0.3, 0.4) is 0 Å². The van der Waals surface area contributed by atoms with E-state index in [-0.39, 0.29) is 30.5 Å². The largest absolute Gasteiger partial charge is 0.375 e. The molecule has 0 aromatic rings. The number of nitrogens with one attached hydrogen (secondary N) is 2. The van der Waals surface area contributed by atoms with Gasteiger partial charge in [0.1, 0.15) is 6.04 Å². The lowest BCUT2D eigenvalue weighted by Crippen LogP contribution is -2.57. The first-order chi connectivity index (χ1) is 9.15. The van der Waals surface area contributed by atoms with Crippen LogP contribution in [0.2, 0.25) is 0 Å². The maximum atomic E-state index is 12.3. The van der Waals surface area contributed by atoms with Crippen LogP contribution < -0.4 is 10.6 Å². The van der Waals surface area contributed by atoms with Gasteiger partial charge in [-0.1, -0.05) is 6.42 Å². The number of ether oxygens (including phenoxy) is 1. The van der Waals surface area contributed by atoms with Crippen molar-refractivity contribution < 1.29 is 9.53 Å². The molecule has 1 saturated heterocycles. The van der Waals surface area contributed by atoms with Crippen LogP contribution in [-0.2, 0) is 9.53 Å². The third kappa shape index (κ3) is 3.12. The highest BCUT2D eigenvalue weighted by Crippen LogP contribution is 2.49. The van der Waals surface area contributed by atoms with Gasteiger partial charge in [-0.25, -0.2) is 0 Å². The predicted molar refractivity (Wildman–Crippen MR) is 81.0 cm³/mol. The summed E-state index contributed by atoms with van der Waals surface area (Å²) in [5, 5.41) is 6.49. The quantitative estimate of drug-likeness (QED) is 0.835. The average Bonchev–Trinajstić information content (AvgIpc) is 3.01. The van der Waals surface area contributed by atoms with Crippen LogP contribution in [0.5, 0.6) is 0 Å². The Bertz CT molecular complexity index is 353. The number of morpholine rings is 1. The van der Waals surface area contributed by atoms with Crippen LogP contribution in [-0.4, -0.2) is 37.2 Å². The summed E-state index contributed by atoms with van der Waals surface area (Å²) in [5.41, 5.74) is 0. The van der Waals surface area contributed by atoms with E-state index in [2.05, 4.69) is 17.6 Å². The van der Waals surface area contributed by atoms with Gasteiger partial charge in [-0.3, -0.25) is 4.79 Å². The van der Waals surface area contributed by atoms with Crippen LogP contribution in [0.15, 0.2) is 0 Å². The van der Waals surface area contributed by atoms with Gasteiger partial charge >= 0.3 is 0 Å². The summed E-state index contributed by atoms with van der Waals surface area (Å²) in [5.74, 6) is 2.60. The highest BCUT2D eigenvalue weighted by molar-refractivity contribution is 5.85. The van der Waals surface area contributed by atoms with E-state index in [1.54, 1.807) is 0 Å². The van der Waals surface area contributed by atoms with Gasteiger partial charge in [0, 0.05) is 12.6 Å². The van der Waals surface area contributed by atoms with E-state index in [1.165, 1.54) is 25.7 Å². The van der Waals surface area contributed by atoms with Crippen molar-refractivity contribution in [3.8, 4) is 0 Å². The topological polar surface area (TPSA) is 50.4 Å². The second-order valence-electron chi connectivity index (χ2n) is 6.64. The molecule has 0 radical (unpaired) electrons. The lowest BCUT2D eigenvalue weighted by Gasteiger charge is -2.33. The summed E-state index contributed by atoms with van der Waals surface area (Å²) < 4.78 is 5.54. The number of carbonyl (C=O) groups is 1. The molecule has 6 atom stereocenters. The number of halogens is 1. The van der Waals surface area contributed by atoms with Crippen LogP contribution >= 0.6 is 12.4 Å². The lowest BCUT2D eigenvalue weighted by molar-refractivity contribution is -0.130. The molecule has 2 aliphatic carbocycles. The number of carbonyl (C=O) groups excluding carboxylic acids is 1. The Morgan fingerprint density at radius 1 is 1.35 bits per heavy atom. The van der Waals surface area contributed by atoms with Crippen molar-refractivity contribution in [2.45, 2.75) is 57.7 Å². The van der Waals surface area contributed by atoms with Crippen molar-refractivity contribution in [1.82, 2.24) is 10.6 Å². The number of amides is 1. The Hall–Kier alpha value is -0.320. The first-order valence-corrected chi connectivity index (χ1v) is 7.80. The lowest BCUT2D eigenvalue weighted by atomic mass is 9.84. The van der Waals surface area contributed by atoms with Crippen molar-refractivity contribution in [2.24, 2.45) is 17.8 Å². The zero-order valence-electron chi connectivity index (χ0n) is 12.4. The average molecular weight is 303 g/mol. The minimum absolute atomic E-state index is 0. The summed E-state index contributed by atoms with van der Waals surface area (Å²) in [4.78, 5) is 12.3. The number of hydrogen-bond donors (Lipinski definition) is 2. The van der Waals surface area contributed by atoms with E-state index in [0.717, 1.165) is 18.4 Å². The monoisotopic (exact) mass is 302 g/mol. The van der Waals surface area contributed by atoms with Gasteiger partial charge in [0.2, 0.25) is 5.91 Å². The second kappa shape index (κ2) is 6.63. The predicted octanol–water partition coefficient (Wildman–Crippen LogP) is 1.73.